The SMILES string of the molecule is CC(C)CNC(=O)CNc1nc(Cl)c(C#N)s1. The molecule has 0 aromatic carbocycles. The molecule has 0 saturated heterocycles. The lowest BCUT2D eigenvalue weighted by Gasteiger charge is -2.07. The first-order valence-electron chi connectivity index (χ1n) is 5.10. The highest BCUT2D eigenvalue weighted by atomic mass is 35.5. The van der Waals surface area contributed by atoms with Crippen molar-refractivity contribution < 1.29 is 4.79 Å². The first kappa shape index (κ1) is 13.7. The van der Waals surface area contributed by atoms with E-state index in [0.29, 0.717) is 22.5 Å². The number of carbonyl (C=O) groups excluding carboxylic acids is 1. The zero-order valence-electron chi connectivity index (χ0n) is 9.58. The number of carbonyl (C=O) groups is 1. The molecule has 7 heteroatoms. The molecular formula is C10H13ClN4OS. The van der Waals surface area contributed by atoms with E-state index in [-0.39, 0.29) is 17.6 Å². The van der Waals surface area contributed by atoms with Gasteiger partial charge in [0.2, 0.25) is 5.91 Å². The van der Waals surface area contributed by atoms with E-state index in [2.05, 4.69) is 15.6 Å². The Labute approximate surface area is 109 Å². The van der Waals surface area contributed by atoms with Crippen LogP contribution in [-0.2, 0) is 4.79 Å². The molecule has 0 fully saturated rings. The van der Waals surface area contributed by atoms with Crippen molar-refractivity contribution in [2.24, 2.45) is 5.92 Å². The Hall–Kier alpha value is -1.32. The van der Waals surface area contributed by atoms with E-state index in [9.17, 15) is 4.79 Å². The minimum atomic E-state index is -0.108. The van der Waals surface area contributed by atoms with Crippen LogP contribution in [0, 0.1) is 17.2 Å². The highest BCUT2D eigenvalue weighted by Crippen LogP contribution is 2.25. The van der Waals surface area contributed by atoms with Crippen molar-refractivity contribution in [3.8, 4) is 6.07 Å². The number of halogens is 1. The number of nitrogens with zero attached hydrogens (tertiary/aromatic N) is 2. The molecule has 0 spiro atoms. The van der Waals surface area contributed by atoms with Gasteiger partial charge in [-0.2, -0.15) is 5.26 Å². The molecule has 2 N–H and O–H groups in total. The maximum absolute atomic E-state index is 11.4. The largest absolute Gasteiger partial charge is 0.354 e. The molecule has 5 nitrogen and oxygen atoms in total. The molecule has 1 heterocycles. The van der Waals surface area contributed by atoms with Crippen LogP contribution in [0.25, 0.3) is 0 Å². The number of anilines is 1. The van der Waals surface area contributed by atoms with Crippen LogP contribution >= 0.6 is 22.9 Å². The van der Waals surface area contributed by atoms with Crippen LogP contribution in [0.2, 0.25) is 5.15 Å². The Morgan fingerprint density at radius 3 is 2.88 bits per heavy atom. The van der Waals surface area contributed by atoms with Crippen LogP contribution in [0.4, 0.5) is 5.13 Å². The van der Waals surface area contributed by atoms with E-state index in [1.807, 2.05) is 19.9 Å². The summed E-state index contributed by atoms with van der Waals surface area (Å²) in [5, 5.41) is 14.9. The van der Waals surface area contributed by atoms with E-state index in [1.54, 1.807) is 0 Å². The number of rotatable bonds is 5. The predicted octanol–water partition coefficient (Wildman–Crippen LogP) is 1.85. The van der Waals surface area contributed by atoms with Gasteiger partial charge in [0.15, 0.2) is 10.3 Å². The van der Waals surface area contributed by atoms with Crippen LogP contribution in [0.15, 0.2) is 0 Å². The normalized spacial score (nSPS) is 10.1. The minimum Gasteiger partial charge on any atom is -0.354 e. The summed E-state index contributed by atoms with van der Waals surface area (Å²) in [5.74, 6) is 0.307. The maximum atomic E-state index is 11.4. The van der Waals surface area contributed by atoms with Gasteiger partial charge in [-0.05, 0) is 5.92 Å². The Kier molecular flexibility index (Phi) is 5.19. The summed E-state index contributed by atoms with van der Waals surface area (Å²) in [5.41, 5.74) is 0. The molecule has 0 aliphatic heterocycles. The third kappa shape index (κ3) is 4.59. The molecule has 0 aliphatic rings. The van der Waals surface area contributed by atoms with Crippen molar-refractivity contribution >= 4 is 34.0 Å². The molecule has 0 bridgehead atoms. The highest BCUT2D eigenvalue weighted by Gasteiger charge is 2.09. The molecule has 0 aliphatic carbocycles. The number of thiazole rings is 1. The molecule has 17 heavy (non-hydrogen) atoms. The van der Waals surface area contributed by atoms with Crippen molar-refractivity contribution in [1.82, 2.24) is 10.3 Å². The molecular weight excluding hydrogens is 260 g/mol. The number of hydrogen-bond acceptors (Lipinski definition) is 5. The highest BCUT2D eigenvalue weighted by molar-refractivity contribution is 7.16. The van der Waals surface area contributed by atoms with Gasteiger partial charge in [0, 0.05) is 6.54 Å². The topological polar surface area (TPSA) is 77.8 Å². The number of aromatic nitrogens is 1. The van der Waals surface area contributed by atoms with Gasteiger partial charge in [0.1, 0.15) is 10.9 Å². The summed E-state index contributed by atoms with van der Waals surface area (Å²) in [6.45, 7) is 4.81. The number of nitrogens with one attached hydrogen (secondary N) is 2. The van der Waals surface area contributed by atoms with E-state index in [0.717, 1.165) is 11.3 Å². The van der Waals surface area contributed by atoms with Crippen LogP contribution < -0.4 is 10.6 Å². The smallest absolute Gasteiger partial charge is 0.239 e. The summed E-state index contributed by atoms with van der Waals surface area (Å²) < 4.78 is 0. The zero-order chi connectivity index (χ0) is 12.8. The fourth-order valence-corrected chi connectivity index (χ4v) is 1.93. The fourth-order valence-electron chi connectivity index (χ4n) is 0.982. The van der Waals surface area contributed by atoms with Crippen LogP contribution in [-0.4, -0.2) is 24.0 Å². The predicted molar refractivity (Wildman–Crippen MR) is 68.2 cm³/mol. The summed E-state index contributed by atoms with van der Waals surface area (Å²) in [6, 6.07) is 1.93. The molecule has 1 aromatic heterocycles. The first-order chi connectivity index (χ1) is 8.02. The van der Waals surface area contributed by atoms with Gasteiger partial charge >= 0.3 is 0 Å². The molecule has 0 radical (unpaired) electrons. The third-order valence-electron chi connectivity index (χ3n) is 1.80. The Morgan fingerprint density at radius 2 is 2.35 bits per heavy atom. The van der Waals surface area contributed by atoms with Crippen LogP contribution in [0.5, 0.6) is 0 Å². The average Bonchev–Trinajstić information content (AvgIpc) is 2.64. The van der Waals surface area contributed by atoms with Gasteiger partial charge in [-0.15, -0.1) is 0 Å². The van der Waals surface area contributed by atoms with Crippen molar-refractivity contribution in [3.05, 3.63) is 10.0 Å². The van der Waals surface area contributed by atoms with E-state index in [1.165, 1.54) is 0 Å². The maximum Gasteiger partial charge on any atom is 0.239 e. The lowest BCUT2D eigenvalue weighted by molar-refractivity contribution is -0.119. The second kappa shape index (κ2) is 6.42. The Balaban J connectivity index is 2.40. The number of nitriles is 1. The Bertz CT molecular complexity index is 438. The summed E-state index contributed by atoms with van der Waals surface area (Å²) >= 11 is 6.83. The fraction of sp³-hybridized carbons (Fsp3) is 0.500. The molecule has 0 unspecified atom stereocenters. The average molecular weight is 273 g/mol. The van der Waals surface area contributed by atoms with Gasteiger partial charge in [0.05, 0.1) is 6.54 Å². The quantitative estimate of drug-likeness (QED) is 0.858. The van der Waals surface area contributed by atoms with Gasteiger partial charge in [-0.3, -0.25) is 4.79 Å². The second-order valence-corrected chi connectivity index (χ2v) is 5.16. The van der Waals surface area contributed by atoms with E-state index >= 15 is 0 Å². The van der Waals surface area contributed by atoms with Gasteiger partial charge in [0.25, 0.3) is 0 Å². The molecule has 0 atom stereocenters. The monoisotopic (exact) mass is 272 g/mol. The lowest BCUT2D eigenvalue weighted by atomic mass is 10.2. The summed E-state index contributed by atoms with van der Waals surface area (Å²) in [7, 11) is 0. The van der Waals surface area contributed by atoms with Gasteiger partial charge in [-0.25, -0.2) is 4.98 Å². The molecule has 0 saturated carbocycles. The molecule has 92 valence electrons. The third-order valence-corrected chi connectivity index (χ3v) is 3.10. The second-order valence-electron chi connectivity index (χ2n) is 3.80. The lowest BCUT2D eigenvalue weighted by Crippen LogP contribution is -2.32. The van der Waals surface area contributed by atoms with Crippen molar-refractivity contribution in [2.45, 2.75) is 13.8 Å². The summed E-state index contributed by atoms with van der Waals surface area (Å²) in [6.07, 6.45) is 0. The van der Waals surface area contributed by atoms with Crippen molar-refractivity contribution in [3.63, 3.8) is 0 Å². The van der Waals surface area contributed by atoms with Crippen molar-refractivity contribution in [1.29, 1.82) is 5.26 Å². The van der Waals surface area contributed by atoms with Gasteiger partial charge in [-0.1, -0.05) is 36.8 Å². The van der Waals surface area contributed by atoms with E-state index in [4.69, 9.17) is 16.9 Å². The minimum absolute atomic E-state index is 0.108. The van der Waals surface area contributed by atoms with Crippen LogP contribution in [0.3, 0.4) is 0 Å². The number of hydrogen-bond donors (Lipinski definition) is 2. The number of amides is 1. The molecule has 1 amide bonds. The standard InChI is InChI=1S/C10H13ClN4OS/c1-6(2)4-13-8(16)5-14-10-15-9(11)7(3-12)17-10/h6H,4-5H2,1-2H3,(H,13,16)(H,14,15). The summed E-state index contributed by atoms with van der Waals surface area (Å²) in [4.78, 5) is 15.7. The molecule has 1 rings (SSSR count). The Morgan fingerprint density at radius 1 is 1.65 bits per heavy atom. The zero-order valence-corrected chi connectivity index (χ0v) is 11.2. The van der Waals surface area contributed by atoms with Crippen molar-refractivity contribution in [2.75, 3.05) is 18.4 Å². The van der Waals surface area contributed by atoms with E-state index < -0.39 is 0 Å². The molecule has 1 aromatic rings. The van der Waals surface area contributed by atoms with Crippen LogP contribution in [0.1, 0.15) is 18.7 Å². The van der Waals surface area contributed by atoms with Gasteiger partial charge < -0.3 is 10.6 Å². The first-order valence-corrected chi connectivity index (χ1v) is 6.29.